The van der Waals surface area contributed by atoms with Crippen molar-refractivity contribution >= 4 is 5.82 Å². The lowest BCUT2D eigenvalue weighted by molar-refractivity contribution is 0.943. The van der Waals surface area contributed by atoms with Crippen LogP contribution in [0.4, 0.5) is 5.82 Å². The Labute approximate surface area is 34.4 Å². The zero-order valence-corrected chi connectivity index (χ0v) is 3.05. The highest BCUT2D eigenvalue weighted by Crippen LogP contribution is 1.81. The Morgan fingerprint density at radius 1 is 1.83 bits per heavy atom. The third-order valence-corrected chi connectivity index (χ3v) is 0.436. The van der Waals surface area contributed by atoms with E-state index in [0.29, 0.717) is 5.82 Å². The molecule has 0 saturated heterocycles. The van der Waals surface area contributed by atoms with E-state index in [-0.39, 0.29) is 0 Å². The number of nitrogens with two attached hydrogens (primary N) is 1. The maximum absolute atomic E-state index is 5.07. The second-order valence-electron chi connectivity index (χ2n) is 0.898. The summed E-state index contributed by atoms with van der Waals surface area (Å²) in [4.78, 5) is 0. The summed E-state index contributed by atoms with van der Waals surface area (Å²) in [7, 11) is 0. The van der Waals surface area contributed by atoms with Crippen molar-refractivity contribution in [3.8, 4) is 0 Å². The van der Waals surface area contributed by atoms with Crippen LogP contribution >= 0.6 is 0 Å². The predicted molar refractivity (Wildman–Crippen MR) is 20.8 cm³/mol. The molecular weight excluding hydrogens is 80.0 g/mol. The standard InChI is InChI=1S/C2H4N4/c3-2-1-4-6-5-2/h1H,(H3,3,4,5,6). The molecule has 0 aliphatic heterocycles. The minimum atomic E-state index is 0.426. The van der Waals surface area contributed by atoms with Crippen LogP contribution in [0.3, 0.4) is 0 Å². The third kappa shape index (κ3) is 0.314. The van der Waals surface area contributed by atoms with E-state index in [1.807, 2.05) is 0 Å². The molecule has 0 fully saturated rings. The van der Waals surface area contributed by atoms with Gasteiger partial charge in [-0.3, -0.25) is 5.10 Å². The van der Waals surface area contributed by atoms with Crippen LogP contribution in [-0.4, -0.2) is 15.4 Å². The van der Waals surface area contributed by atoms with E-state index in [1.54, 1.807) is 0 Å². The lowest BCUT2D eigenvalue weighted by Gasteiger charge is -1.64. The molecular formula is C2H4N4. The molecule has 4 nitrogen and oxygen atoms in total. The quantitative estimate of drug-likeness (QED) is 0.440. The van der Waals surface area contributed by atoms with Crippen LogP contribution in [0.15, 0.2) is 6.20 Å². The minimum absolute atomic E-state index is 0.426. The minimum Gasteiger partial charge on any atom is -0.381 e. The normalized spacial score (nSPS) is 8.67. The number of nitrogens with zero attached hydrogens (tertiary/aromatic N) is 2. The fraction of sp³-hybridized carbons (Fsp3) is 0. The number of aromatic amines is 1. The number of anilines is 1. The van der Waals surface area contributed by atoms with Crippen molar-refractivity contribution in [1.82, 2.24) is 15.4 Å². The Kier molecular flexibility index (Phi) is 0.506. The second kappa shape index (κ2) is 0.965. The summed E-state index contributed by atoms with van der Waals surface area (Å²) < 4.78 is 0. The number of nitrogens with one attached hydrogen (secondary N) is 1. The van der Waals surface area contributed by atoms with Gasteiger partial charge in [0.05, 0.1) is 6.20 Å². The predicted octanol–water partition coefficient (Wildman–Crippen LogP) is -0.613. The highest BCUT2D eigenvalue weighted by Gasteiger charge is 1.76. The first-order valence-electron chi connectivity index (χ1n) is 1.51. The van der Waals surface area contributed by atoms with Crippen molar-refractivity contribution in [3.05, 3.63) is 6.20 Å². The third-order valence-electron chi connectivity index (χ3n) is 0.436. The molecule has 0 unspecified atom stereocenters. The number of hydrogen-bond acceptors (Lipinski definition) is 3. The van der Waals surface area contributed by atoms with Crippen LogP contribution < -0.4 is 5.73 Å². The van der Waals surface area contributed by atoms with Crippen molar-refractivity contribution in [2.24, 2.45) is 0 Å². The van der Waals surface area contributed by atoms with Gasteiger partial charge in [0.15, 0.2) is 5.82 Å². The van der Waals surface area contributed by atoms with E-state index in [2.05, 4.69) is 15.4 Å². The van der Waals surface area contributed by atoms with Gasteiger partial charge in [-0.25, -0.2) is 0 Å². The summed E-state index contributed by atoms with van der Waals surface area (Å²) in [6.07, 6.45) is 1.51. The zero-order chi connectivity index (χ0) is 4.41. The van der Waals surface area contributed by atoms with Crippen molar-refractivity contribution in [2.75, 3.05) is 5.73 Å². The summed E-state index contributed by atoms with van der Waals surface area (Å²) >= 11 is 0. The Bertz CT molecular complexity index is 109. The van der Waals surface area contributed by atoms with Crippen molar-refractivity contribution in [2.45, 2.75) is 0 Å². The van der Waals surface area contributed by atoms with Crippen LogP contribution in [0.1, 0.15) is 0 Å². The maximum Gasteiger partial charge on any atom is 0.165 e. The van der Waals surface area contributed by atoms with Crippen LogP contribution in [0.2, 0.25) is 0 Å². The SMILES string of the molecule is Nc1c[nH]nn1. The molecule has 1 heterocycles. The van der Waals surface area contributed by atoms with Gasteiger partial charge in [-0.15, -0.1) is 5.10 Å². The number of rotatable bonds is 0. The number of hydrogen-bond donors (Lipinski definition) is 2. The highest BCUT2D eigenvalue weighted by molar-refractivity contribution is 5.18. The average molecular weight is 84.1 g/mol. The molecule has 0 bridgehead atoms. The maximum atomic E-state index is 5.07. The van der Waals surface area contributed by atoms with E-state index in [9.17, 15) is 0 Å². The lowest BCUT2D eigenvalue weighted by atomic mass is 10.8. The Balaban J connectivity index is 3.05. The Hall–Kier alpha value is -1.06. The molecule has 3 N–H and O–H groups in total. The Morgan fingerprint density at radius 2 is 2.67 bits per heavy atom. The van der Waals surface area contributed by atoms with Gasteiger partial charge < -0.3 is 5.73 Å². The molecule has 1 rings (SSSR count). The van der Waals surface area contributed by atoms with E-state index in [0.717, 1.165) is 0 Å². The van der Waals surface area contributed by atoms with Gasteiger partial charge in [0.25, 0.3) is 0 Å². The first-order chi connectivity index (χ1) is 2.89. The molecule has 0 atom stereocenters. The summed E-state index contributed by atoms with van der Waals surface area (Å²) in [5.41, 5.74) is 5.07. The lowest BCUT2D eigenvalue weighted by Crippen LogP contribution is -1.81. The molecule has 0 aliphatic carbocycles. The van der Waals surface area contributed by atoms with Gasteiger partial charge in [-0.1, -0.05) is 5.21 Å². The smallest absolute Gasteiger partial charge is 0.165 e. The molecule has 1 aromatic heterocycles. The summed E-state index contributed by atoms with van der Waals surface area (Å²) in [5, 5.41) is 9.15. The molecule has 1 aromatic rings. The number of H-pyrrole nitrogens is 1. The van der Waals surface area contributed by atoms with Gasteiger partial charge in [0.1, 0.15) is 0 Å². The largest absolute Gasteiger partial charge is 0.381 e. The Morgan fingerprint density at radius 3 is 2.83 bits per heavy atom. The van der Waals surface area contributed by atoms with E-state index >= 15 is 0 Å². The molecule has 0 amide bonds. The van der Waals surface area contributed by atoms with E-state index < -0.39 is 0 Å². The molecule has 0 aliphatic rings. The molecule has 0 aromatic carbocycles. The fourth-order valence-electron chi connectivity index (χ4n) is 0.210. The average Bonchev–Trinajstić information content (AvgIpc) is 1.86. The van der Waals surface area contributed by atoms with Crippen LogP contribution in [0.25, 0.3) is 0 Å². The van der Waals surface area contributed by atoms with Crippen molar-refractivity contribution in [3.63, 3.8) is 0 Å². The topological polar surface area (TPSA) is 67.6 Å². The van der Waals surface area contributed by atoms with Gasteiger partial charge >= 0.3 is 0 Å². The number of aromatic nitrogens is 3. The zero-order valence-electron chi connectivity index (χ0n) is 3.05. The number of nitrogen functional groups attached to an aromatic ring is 1. The summed E-state index contributed by atoms with van der Waals surface area (Å²) in [6.45, 7) is 0. The van der Waals surface area contributed by atoms with Crippen molar-refractivity contribution in [1.29, 1.82) is 0 Å². The summed E-state index contributed by atoms with van der Waals surface area (Å²) in [5.74, 6) is 0.426. The van der Waals surface area contributed by atoms with Crippen LogP contribution in [0.5, 0.6) is 0 Å². The molecule has 0 spiro atoms. The van der Waals surface area contributed by atoms with Gasteiger partial charge in [0.2, 0.25) is 0 Å². The fourth-order valence-corrected chi connectivity index (χ4v) is 0.210. The van der Waals surface area contributed by atoms with Gasteiger partial charge in [0, 0.05) is 0 Å². The molecule has 6 heavy (non-hydrogen) atoms. The molecule has 0 radical (unpaired) electrons. The second-order valence-corrected chi connectivity index (χ2v) is 0.898. The van der Waals surface area contributed by atoms with Gasteiger partial charge in [-0.2, -0.15) is 0 Å². The van der Waals surface area contributed by atoms with Crippen molar-refractivity contribution < 1.29 is 0 Å². The van der Waals surface area contributed by atoms with E-state index in [4.69, 9.17) is 5.73 Å². The van der Waals surface area contributed by atoms with Crippen LogP contribution in [-0.2, 0) is 0 Å². The monoisotopic (exact) mass is 84.0 g/mol. The summed E-state index contributed by atoms with van der Waals surface area (Å²) in [6, 6.07) is 0. The first kappa shape index (κ1) is 3.14. The molecule has 0 saturated carbocycles. The highest BCUT2D eigenvalue weighted by atomic mass is 15.3. The van der Waals surface area contributed by atoms with E-state index in [1.165, 1.54) is 6.20 Å². The van der Waals surface area contributed by atoms with Gasteiger partial charge in [-0.05, 0) is 0 Å². The van der Waals surface area contributed by atoms with Crippen LogP contribution in [0, 0.1) is 0 Å². The molecule has 4 heteroatoms. The first-order valence-corrected chi connectivity index (χ1v) is 1.51. The molecule has 32 valence electrons.